The van der Waals surface area contributed by atoms with Crippen molar-refractivity contribution < 1.29 is 18.3 Å². The zero-order valence-corrected chi connectivity index (χ0v) is 19.4. The van der Waals surface area contributed by atoms with E-state index in [1.54, 1.807) is 19.1 Å². The minimum atomic E-state index is -0.860. The van der Waals surface area contributed by atoms with Crippen LogP contribution in [0, 0.1) is 17.6 Å². The molecule has 1 aliphatic carbocycles. The third-order valence-corrected chi connectivity index (χ3v) is 7.42. The fourth-order valence-electron chi connectivity index (χ4n) is 5.25. The highest BCUT2D eigenvalue weighted by molar-refractivity contribution is 5.30. The lowest BCUT2D eigenvalue weighted by molar-refractivity contribution is -0.193. The van der Waals surface area contributed by atoms with Gasteiger partial charge in [0, 0.05) is 11.5 Å². The highest BCUT2D eigenvalue weighted by atomic mass is 19.2. The maximum atomic E-state index is 14.4. The van der Waals surface area contributed by atoms with Gasteiger partial charge in [0.1, 0.15) is 0 Å². The summed E-state index contributed by atoms with van der Waals surface area (Å²) in [5, 5.41) is 0. The summed E-state index contributed by atoms with van der Waals surface area (Å²) in [6.45, 7) is 4.95. The third-order valence-electron chi connectivity index (χ3n) is 7.42. The molecule has 0 aromatic heterocycles. The number of halogens is 2. The van der Waals surface area contributed by atoms with Crippen molar-refractivity contribution in [3.63, 3.8) is 0 Å². The molecule has 2 aromatic carbocycles. The minimum absolute atomic E-state index is 0.105. The van der Waals surface area contributed by atoms with Crippen LogP contribution >= 0.6 is 0 Å². The lowest BCUT2D eigenvalue weighted by Crippen LogP contribution is -2.26. The Kier molecular flexibility index (Phi) is 7.96. The van der Waals surface area contributed by atoms with Crippen LogP contribution in [0.1, 0.15) is 99.2 Å². The van der Waals surface area contributed by atoms with Gasteiger partial charge in [-0.1, -0.05) is 69.5 Å². The summed E-state index contributed by atoms with van der Waals surface area (Å²) in [6, 6.07) is 12.1. The number of unbranched alkanes of at least 4 members (excludes halogenated alkanes) is 1. The quantitative estimate of drug-likeness (QED) is 0.435. The van der Waals surface area contributed by atoms with Crippen molar-refractivity contribution in [2.45, 2.75) is 83.3 Å². The summed E-state index contributed by atoms with van der Waals surface area (Å²) in [7, 11) is 0. The third kappa shape index (κ3) is 5.23. The Balaban J connectivity index is 1.31. The smallest absolute Gasteiger partial charge is 0.186 e. The van der Waals surface area contributed by atoms with Gasteiger partial charge in [0.05, 0.1) is 13.2 Å². The molecule has 174 valence electrons. The summed E-state index contributed by atoms with van der Waals surface area (Å²) in [6.07, 6.45) is 8.96. The Hall–Kier alpha value is -1.78. The average molecular weight is 443 g/mol. The number of hydrogen-bond donors (Lipinski definition) is 0. The standard InChI is InChI=1S/C28H36F2O2/c1-3-5-6-19-7-9-21(10-8-19)22-11-13-23(14-12-22)24-17-31-28(32-18-24)25-16-15-20(4-2)26(29)27(25)30/h11-16,19,21,24,28H,3-10,17-18H2,1-2H3. The molecular weight excluding hydrogens is 406 g/mol. The zero-order valence-electron chi connectivity index (χ0n) is 19.4. The van der Waals surface area contributed by atoms with Gasteiger partial charge in [-0.15, -0.1) is 0 Å². The van der Waals surface area contributed by atoms with Crippen molar-refractivity contribution in [1.82, 2.24) is 0 Å². The summed E-state index contributed by atoms with van der Waals surface area (Å²) < 4.78 is 40.2. The van der Waals surface area contributed by atoms with E-state index in [2.05, 4.69) is 31.2 Å². The first-order chi connectivity index (χ1) is 15.6. The van der Waals surface area contributed by atoms with Gasteiger partial charge in [-0.2, -0.15) is 0 Å². The van der Waals surface area contributed by atoms with Crippen LogP contribution < -0.4 is 0 Å². The first-order valence-electron chi connectivity index (χ1n) is 12.4. The highest BCUT2D eigenvalue weighted by Gasteiger charge is 2.29. The second kappa shape index (κ2) is 10.9. The SMILES string of the molecule is CCCCC1CCC(c2ccc(C3COC(c4ccc(CC)c(F)c4F)OC3)cc2)CC1. The van der Waals surface area contributed by atoms with E-state index in [0.29, 0.717) is 31.1 Å². The summed E-state index contributed by atoms with van der Waals surface area (Å²) in [4.78, 5) is 0. The van der Waals surface area contributed by atoms with Gasteiger partial charge in [0.15, 0.2) is 17.9 Å². The van der Waals surface area contributed by atoms with E-state index in [9.17, 15) is 8.78 Å². The van der Waals surface area contributed by atoms with Crippen molar-refractivity contribution in [3.8, 4) is 0 Å². The lowest BCUT2D eigenvalue weighted by Gasteiger charge is -2.31. The minimum Gasteiger partial charge on any atom is -0.348 e. The van der Waals surface area contributed by atoms with Gasteiger partial charge in [-0.3, -0.25) is 0 Å². The summed E-state index contributed by atoms with van der Waals surface area (Å²) in [5.74, 6) is 0.0457. The fraction of sp³-hybridized carbons (Fsp3) is 0.571. The Labute approximate surface area is 191 Å². The van der Waals surface area contributed by atoms with Crippen LogP contribution in [0.15, 0.2) is 36.4 Å². The van der Waals surface area contributed by atoms with Crippen molar-refractivity contribution in [2.24, 2.45) is 5.92 Å². The molecule has 2 aromatic rings. The molecule has 0 spiro atoms. The van der Waals surface area contributed by atoms with Gasteiger partial charge >= 0.3 is 0 Å². The number of ether oxygens (including phenoxy) is 2. The van der Waals surface area contributed by atoms with Gasteiger partial charge in [-0.25, -0.2) is 8.78 Å². The Morgan fingerprint density at radius 3 is 2.00 bits per heavy atom. The number of aryl methyl sites for hydroxylation is 1. The molecule has 0 N–H and O–H groups in total. The van der Waals surface area contributed by atoms with Gasteiger partial charge < -0.3 is 9.47 Å². The van der Waals surface area contributed by atoms with Gasteiger partial charge in [0.2, 0.25) is 0 Å². The molecule has 4 heteroatoms. The van der Waals surface area contributed by atoms with Crippen LogP contribution in [-0.2, 0) is 15.9 Å². The number of hydrogen-bond acceptors (Lipinski definition) is 2. The van der Waals surface area contributed by atoms with Crippen molar-refractivity contribution >= 4 is 0 Å². The molecule has 4 rings (SSSR count). The molecule has 32 heavy (non-hydrogen) atoms. The molecule has 0 radical (unpaired) electrons. The van der Waals surface area contributed by atoms with E-state index in [0.717, 1.165) is 5.92 Å². The normalized spacial score (nSPS) is 26.2. The molecule has 0 amide bonds. The van der Waals surface area contributed by atoms with Crippen LogP contribution in [0.4, 0.5) is 8.78 Å². The Bertz CT molecular complexity index is 864. The molecule has 2 aliphatic rings. The molecule has 1 saturated heterocycles. The van der Waals surface area contributed by atoms with E-state index in [1.165, 1.54) is 56.1 Å². The van der Waals surface area contributed by atoms with Gasteiger partial charge in [0.25, 0.3) is 0 Å². The van der Waals surface area contributed by atoms with Crippen LogP contribution in [-0.4, -0.2) is 13.2 Å². The van der Waals surface area contributed by atoms with Crippen molar-refractivity contribution in [2.75, 3.05) is 13.2 Å². The number of rotatable bonds is 7. The first kappa shape index (κ1) is 23.4. The van der Waals surface area contributed by atoms with E-state index in [4.69, 9.17) is 9.47 Å². The lowest BCUT2D eigenvalue weighted by atomic mass is 9.77. The predicted molar refractivity (Wildman–Crippen MR) is 124 cm³/mol. The maximum Gasteiger partial charge on any atom is 0.186 e. The van der Waals surface area contributed by atoms with E-state index >= 15 is 0 Å². The fourth-order valence-corrected chi connectivity index (χ4v) is 5.25. The van der Waals surface area contributed by atoms with Crippen molar-refractivity contribution in [3.05, 3.63) is 70.3 Å². The topological polar surface area (TPSA) is 18.5 Å². The van der Waals surface area contributed by atoms with Crippen LogP contribution in [0.25, 0.3) is 0 Å². The van der Waals surface area contributed by atoms with Crippen LogP contribution in [0.5, 0.6) is 0 Å². The average Bonchev–Trinajstić information content (AvgIpc) is 2.85. The van der Waals surface area contributed by atoms with Crippen LogP contribution in [0.2, 0.25) is 0 Å². The molecule has 0 bridgehead atoms. The predicted octanol–water partition coefficient (Wildman–Crippen LogP) is 7.82. The van der Waals surface area contributed by atoms with Crippen LogP contribution in [0.3, 0.4) is 0 Å². The van der Waals surface area contributed by atoms with E-state index in [1.807, 2.05) is 0 Å². The van der Waals surface area contributed by atoms with Crippen molar-refractivity contribution in [1.29, 1.82) is 0 Å². The second-order valence-electron chi connectivity index (χ2n) is 9.52. The maximum absolute atomic E-state index is 14.4. The summed E-state index contributed by atoms with van der Waals surface area (Å²) >= 11 is 0. The highest BCUT2D eigenvalue weighted by Crippen LogP contribution is 2.38. The Morgan fingerprint density at radius 1 is 0.781 bits per heavy atom. The molecule has 1 heterocycles. The van der Waals surface area contributed by atoms with E-state index in [-0.39, 0.29) is 11.5 Å². The second-order valence-corrected chi connectivity index (χ2v) is 9.52. The first-order valence-corrected chi connectivity index (χ1v) is 12.4. The molecule has 2 nitrogen and oxygen atoms in total. The zero-order chi connectivity index (χ0) is 22.5. The molecule has 1 saturated carbocycles. The number of benzene rings is 2. The van der Waals surface area contributed by atoms with E-state index < -0.39 is 17.9 Å². The largest absolute Gasteiger partial charge is 0.348 e. The monoisotopic (exact) mass is 442 g/mol. The molecule has 1 aliphatic heterocycles. The molecular formula is C28H36F2O2. The Morgan fingerprint density at radius 2 is 1.41 bits per heavy atom. The molecule has 0 atom stereocenters. The molecule has 2 fully saturated rings. The molecule has 0 unspecified atom stereocenters. The summed E-state index contributed by atoms with van der Waals surface area (Å²) in [5.41, 5.74) is 3.13. The van der Waals surface area contributed by atoms with Gasteiger partial charge in [-0.05, 0) is 60.6 Å².